The van der Waals surface area contributed by atoms with Crippen LogP contribution in [0, 0.1) is 0 Å². The van der Waals surface area contributed by atoms with Gasteiger partial charge in [-0.15, -0.1) is 0 Å². The molecule has 0 aliphatic rings. The summed E-state index contributed by atoms with van der Waals surface area (Å²) in [5, 5.41) is 0. The molecule has 0 saturated carbocycles. The molecular formula is C10H14N2O3. The van der Waals surface area contributed by atoms with Crippen LogP contribution in [0.2, 0.25) is 0 Å². The molecule has 0 fully saturated rings. The van der Waals surface area contributed by atoms with Crippen molar-refractivity contribution in [2.75, 3.05) is 20.8 Å². The van der Waals surface area contributed by atoms with Crippen molar-refractivity contribution in [2.24, 2.45) is 5.73 Å². The highest BCUT2D eigenvalue weighted by Gasteiger charge is 2.17. The Labute approximate surface area is 88.2 Å². The summed E-state index contributed by atoms with van der Waals surface area (Å²) >= 11 is 0. The lowest BCUT2D eigenvalue weighted by molar-refractivity contribution is 0.0979. The Kier molecular flexibility index (Phi) is 4.05. The van der Waals surface area contributed by atoms with Gasteiger partial charge in [-0.25, -0.2) is 0 Å². The van der Waals surface area contributed by atoms with Gasteiger partial charge in [0.25, 0.3) is 0 Å². The number of nitrogens with zero attached hydrogens (tertiary/aromatic N) is 1. The second kappa shape index (κ2) is 5.31. The lowest BCUT2D eigenvalue weighted by atomic mass is 10.1. The summed E-state index contributed by atoms with van der Waals surface area (Å²) in [6.45, 7) is 0.299. The van der Waals surface area contributed by atoms with Crippen LogP contribution in [0.5, 0.6) is 11.5 Å². The van der Waals surface area contributed by atoms with Gasteiger partial charge < -0.3 is 15.2 Å². The van der Waals surface area contributed by atoms with Gasteiger partial charge >= 0.3 is 0 Å². The van der Waals surface area contributed by atoms with Crippen LogP contribution in [-0.4, -0.2) is 31.5 Å². The number of hydrogen-bond acceptors (Lipinski definition) is 5. The van der Waals surface area contributed by atoms with Crippen LogP contribution < -0.4 is 15.2 Å². The van der Waals surface area contributed by atoms with Crippen molar-refractivity contribution in [1.29, 1.82) is 0 Å². The lowest BCUT2D eigenvalue weighted by Crippen LogP contribution is -2.11. The fourth-order valence-corrected chi connectivity index (χ4v) is 1.26. The maximum atomic E-state index is 11.7. The SMILES string of the molecule is COc1cncc(OC)c1C(=O)CCN. The molecule has 5 nitrogen and oxygen atoms in total. The van der Waals surface area contributed by atoms with E-state index in [1.54, 1.807) is 0 Å². The molecular weight excluding hydrogens is 196 g/mol. The second-order valence-electron chi connectivity index (χ2n) is 2.88. The molecule has 0 amide bonds. The Morgan fingerprint density at radius 1 is 1.33 bits per heavy atom. The van der Waals surface area contributed by atoms with Crippen LogP contribution in [-0.2, 0) is 0 Å². The Hall–Kier alpha value is -1.62. The van der Waals surface area contributed by atoms with Gasteiger partial charge in [0.15, 0.2) is 17.3 Å². The van der Waals surface area contributed by atoms with Gasteiger partial charge in [-0.05, 0) is 6.54 Å². The van der Waals surface area contributed by atoms with Crippen LogP contribution in [0.3, 0.4) is 0 Å². The number of aromatic nitrogens is 1. The van der Waals surface area contributed by atoms with Crippen molar-refractivity contribution < 1.29 is 14.3 Å². The number of ketones is 1. The van der Waals surface area contributed by atoms with Crippen molar-refractivity contribution in [1.82, 2.24) is 4.98 Å². The summed E-state index contributed by atoms with van der Waals surface area (Å²) in [4.78, 5) is 15.6. The number of rotatable bonds is 5. The molecule has 0 bridgehead atoms. The van der Waals surface area contributed by atoms with E-state index < -0.39 is 0 Å². The zero-order valence-electron chi connectivity index (χ0n) is 8.82. The molecule has 1 rings (SSSR count). The van der Waals surface area contributed by atoms with E-state index in [-0.39, 0.29) is 12.2 Å². The minimum atomic E-state index is -0.103. The molecule has 0 atom stereocenters. The number of hydrogen-bond donors (Lipinski definition) is 1. The zero-order chi connectivity index (χ0) is 11.3. The van der Waals surface area contributed by atoms with E-state index in [2.05, 4.69) is 4.98 Å². The van der Waals surface area contributed by atoms with E-state index in [0.29, 0.717) is 23.6 Å². The molecule has 0 aliphatic carbocycles. The third-order valence-electron chi connectivity index (χ3n) is 1.97. The van der Waals surface area contributed by atoms with E-state index in [1.807, 2.05) is 0 Å². The normalized spacial score (nSPS) is 9.80. The van der Waals surface area contributed by atoms with Gasteiger partial charge in [0.05, 0.1) is 26.6 Å². The Balaban J connectivity index is 3.15. The highest BCUT2D eigenvalue weighted by molar-refractivity contribution is 6.01. The third kappa shape index (κ3) is 2.44. The van der Waals surface area contributed by atoms with E-state index in [9.17, 15) is 4.79 Å². The van der Waals surface area contributed by atoms with Crippen LogP contribution in [0.1, 0.15) is 16.8 Å². The number of methoxy groups -OCH3 is 2. The summed E-state index contributed by atoms with van der Waals surface area (Å²) in [6.07, 6.45) is 3.22. The molecule has 1 aromatic heterocycles. The fourth-order valence-electron chi connectivity index (χ4n) is 1.26. The molecule has 2 N–H and O–H groups in total. The molecule has 15 heavy (non-hydrogen) atoms. The fraction of sp³-hybridized carbons (Fsp3) is 0.400. The molecule has 0 radical (unpaired) electrons. The highest BCUT2D eigenvalue weighted by atomic mass is 16.5. The van der Waals surface area contributed by atoms with Crippen molar-refractivity contribution >= 4 is 5.78 Å². The average Bonchev–Trinajstić information content (AvgIpc) is 2.28. The first-order valence-corrected chi connectivity index (χ1v) is 4.53. The topological polar surface area (TPSA) is 74.4 Å². The van der Waals surface area contributed by atoms with Gasteiger partial charge in [-0.2, -0.15) is 0 Å². The number of ether oxygens (including phenoxy) is 2. The van der Waals surface area contributed by atoms with Crippen LogP contribution in [0.25, 0.3) is 0 Å². The van der Waals surface area contributed by atoms with Crippen molar-refractivity contribution in [3.8, 4) is 11.5 Å². The maximum Gasteiger partial charge on any atom is 0.171 e. The number of carbonyl (C=O) groups excluding carboxylic acids is 1. The Morgan fingerprint density at radius 3 is 2.27 bits per heavy atom. The van der Waals surface area contributed by atoms with Gasteiger partial charge in [-0.3, -0.25) is 9.78 Å². The number of Topliss-reactive ketones (excluding diaryl/α,β-unsaturated/α-hetero) is 1. The minimum absolute atomic E-state index is 0.103. The summed E-state index contributed by atoms with van der Waals surface area (Å²) in [7, 11) is 2.96. The Bertz CT molecular complexity index is 330. The smallest absolute Gasteiger partial charge is 0.171 e. The molecule has 5 heteroatoms. The molecule has 0 unspecified atom stereocenters. The van der Waals surface area contributed by atoms with Gasteiger partial charge in [0.2, 0.25) is 0 Å². The molecule has 0 spiro atoms. The summed E-state index contributed by atoms with van der Waals surface area (Å²) in [6, 6.07) is 0. The molecule has 0 aromatic carbocycles. The quantitative estimate of drug-likeness (QED) is 0.721. The number of pyridine rings is 1. The van der Waals surface area contributed by atoms with Crippen molar-refractivity contribution in [2.45, 2.75) is 6.42 Å². The first kappa shape index (κ1) is 11.5. The first-order chi connectivity index (χ1) is 7.24. The zero-order valence-corrected chi connectivity index (χ0v) is 8.82. The minimum Gasteiger partial charge on any atom is -0.494 e. The highest BCUT2D eigenvalue weighted by Crippen LogP contribution is 2.27. The Morgan fingerprint density at radius 2 is 1.87 bits per heavy atom. The number of carbonyl (C=O) groups is 1. The maximum absolute atomic E-state index is 11.7. The molecule has 0 saturated heterocycles. The molecule has 82 valence electrons. The van der Waals surface area contributed by atoms with E-state index in [1.165, 1.54) is 26.6 Å². The molecule has 0 aliphatic heterocycles. The lowest BCUT2D eigenvalue weighted by Gasteiger charge is -2.10. The van der Waals surface area contributed by atoms with Crippen molar-refractivity contribution in [3.05, 3.63) is 18.0 Å². The predicted molar refractivity (Wildman–Crippen MR) is 55.3 cm³/mol. The van der Waals surface area contributed by atoms with E-state index in [0.717, 1.165) is 0 Å². The first-order valence-electron chi connectivity index (χ1n) is 4.53. The van der Waals surface area contributed by atoms with Crippen LogP contribution in [0.15, 0.2) is 12.4 Å². The second-order valence-corrected chi connectivity index (χ2v) is 2.88. The van der Waals surface area contributed by atoms with Gasteiger partial charge in [0, 0.05) is 6.42 Å². The molecule has 1 heterocycles. The van der Waals surface area contributed by atoms with E-state index >= 15 is 0 Å². The number of nitrogens with two attached hydrogens (primary N) is 1. The van der Waals surface area contributed by atoms with Gasteiger partial charge in [0.1, 0.15) is 5.56 Å². The summed E-state index contributed by atoms with van der Waals surface area (Å²) in [5.74, 6) is 0.717. The van der Waals surface area contributed by atoms with Crippen LogP contribution >= 0.6 is 0 Å². The summed E-state index contributed by atoms with van der Waals surface area (Å²) in [5.41, 5.74) is 5.73. The summed E-state index contributed by atoms with van der Waals surface area (Å²) < 4.78 is 10.1. The third-order valence-corrected chi connectivity index (χ3v) is 1.97. The largest absolute Gasteiger partial charge is 0.494 e. The predicted octanol–water partition coefficient (Wildman–Crippen LogP) is 0.630. The standard InChI is InChI=1S/C10H14N2O3/c1-14-8-5-12-6-9(15-2)10(8)7(13)3-4-11/h5-6H,3-4,11H2,1-2H3. The van der Waals surface area contributed by atoms with Crippen LogP contribution in [0.4, 0.5) is 0 Å². The van der Waals surface area contributed by atoms with Crippen molar-refractivity contribution in [3.63, 3.8) is 0 Å². The average molecular weight is 210 g/mol. The monoisotopic (exact) mass is 210 g/mol. The molecule has 1 aromatic rings. The van der Waals surface area contributed by atoms with Gasteiger partial charge in [-0.1, -0.05) is 0 Å². The van der Waals surface area contributed by atoms with E-state index in [4.69, 9.17) is 15.2 Å².